The number of carbonyl (C=O) groups is 2. The van der Waals surface area contributed by atoms with Crippen molar-refractivity contribution in [3.8, 4) is 22.6 Å². The van der Waals surface area contributed by atoms with Gasteiger partial charge in [0, 0.05) is 0 Å². The molecule has 0 unspecified atom stereocenters. The van der Waals surface area contributed by atoms with Gasteiger partial charge in [-0.1, -0.05) is 60.2 Å². The lowest BCUT2D eigenvalue weighted by molar-refractivity contribution is -0.131. The fraction of sp³-hybridized carbons (Fsp3) is 0.167. The fourth-order valence-corrected chi connectivity index (χ4v) is 2.84. The lowest BCUT2D eigenvalue weighted by Crippen LogP contribution is -2.45. The van der Waals surface area contributed by atoms with Gasteiger partial charge < -0.3 is 9.47 Å². The van der Waals surface area contributed by atoms with Crippen molar-refractivity contribution in [2.75, 3.05) is 13.2 Å². The lowest BCUT2D eigenvalue weighted by atomic mass is 10.1. The second kappa shape index (κ2) is 10.1. The molecular weight excluding hydrogens is 380 g/mol. The quantitative estimate of drug-likeness (QED) is 0.590. The van der Waals surface area contributed by atoms with Gasteiger partial charge in [-0.2, -0.15) is 0 Å². The van der Waals surface area contributed by atoms with Gasteiger partial charge in [-0.3, -0.25) is 20.4 Å². The third-order valence-electron chi connectivity index (χ3n) is 4.36. The van der Waals surface area contributed by atoms with Gasteiger partial charge in [0.05, 0.1) is 0 Å². The monoisotopic (exact) mass is 404 g/mol. The Balaban J connectivity index is 1.38. The lowest BCUT2D eigenvalue weighted by Gasteiger charge is -2.11. The van der Waals surface area contributed by atoms with Gasteiger partial charge in [0.2, 0.25) is 0 Å². The average Bonchev–Trinajstić information content (AvgIpc) is 2.76. The molecular formula is C24H24N2O4. The van der Waals surface area contributed by atoms with E-state index in [4.69, 9.17) is 9.47 Å². The number of hydrazine groups is 1. The minimum atomic E-state index is -0.470. The minimum Gasteiger partial charge on any atom is -0.484 e. The molecule has 0 spiro atoms. The normalized spacial score (nSPS) is 10.2. The zero-order valence-corrected chi connectivity index (χ0v) is 17.0. The zero-order valence-electron chi connectivity index (χ0n) is 17.0. The first-order chi connectivity index (χ1) is 14.5. The number of rotatable bonds is 7. The van der Waals surface area contributed by atoms with Crippen molar-refractivity contribution in [2.45, 2.75) is 13.8 Å². The van der Waals surface area contributed by atoms with Crippen molar-refractivity contribution in [1.29, 1.82) is 0 Å². The summed E-state index contributed by atoms with van der Waals surface area (Å²) in [5, 5.41) is 0. The Hall–Kier alpha value is -3.80. The van der Waals surface area contributed by atoms with Crippen LogP contribution in [0.25, 0.3) is 11.1 Å². The Morgan fingerprint density at radius 3 is 1.97 bits per heavy atom. The van der Waals surface area contributed by atoms with Crippen molar-refractivity contribution in [3.63, 3.8) is 0 Å². The molecule has 3 aromatic carbocycles. The summed E-state index contributed by atoms with van der Waals surface area (Å²) in [7, 11) is 0. The van der Waals surface area contributed by atoms with Crippen LogP contribution in [0.2, 0.25) is 0 Å². The molecule has 0 aliphatic carbocycles. The number of carbonyl (C=O) groups excluding carboxylic acids is 2. The summed E-state index contributed by atoms with van der Waals surface area (Å²) >= 11 is 0. The van der Waals surface area contributed by atoms with Gasteiger partial charge >= 0.3 is 0 Å². The number of benzene rings is 3. The first-order valence-corrected chi connectivity index (χ1v) is 9.57. The highest BCUT2D eigenvalue weighted by atomic mass is 16.5. The smallest absolute Gasteiger partial charge is 0.276 e. The molecule has 0 saturated heterocycles. The summed E-state index contributed by atoms with van der Waals surface area (Å²) < 4.78 is 10.9. The Labute approximate surface area is 175 Å². The maximum atomic E-state index is 11.9. The van der Waals surface area contributed by atoms with Gasteiger partial charge in [0.15, 0.2) is 13.2 Å². The Morgan fingerprint density at radius 1 is 0.733 bits per heavy atom. The molecule has 0 bridgehead atoms. The van der Waals surface area contributed by atoms with Crippen LogP contribution >= 0.6 is 0 Å². The molecule has 0 radical (unpaired) electrons. The molecule has 0 fully saturated rings. The van der Waals surface area contributed by atoms with Gasteiger partial charge in [-0.05, 0) is 48.7 Å². The summed E-state index contributed by atoms with van der Waals surface area (Å²) in [6, 6.07) is 23.1. The van der Waals surface area contributed by atoms with Crippen LogP contribution in [-0.4, -0.2) is 25.0 Å². The molecule has 3 aromatic rings. The van der Waals surface area contributed by atoms with Crippen LogP contribution in [0.3, 0.4) is 0 Å². The third-order valence-corrected chi connectivity index (χ3v) is 4.36. The highest BCUT2D eigenvalue weighted by Crippen LogP contribution is 2.22. The molecule has 0 heterocycles. The SMILES string of the molecule is Cc1ccc(OCC(=O)NNC(=O)COc2ccc(-c3ccccc3)cc2)c(C)c1. The highest BCUT2D eigenvalue weighted by molar-refractivity contribution is 5.83. The van der Waals surface area contributed by atoms with E-state index in [1.807, 2.05) is 74.5 Å². The number of nitrogens with one attached hydrogen (secondary N) is 2. The van der Waals surface area contributed by atoms with Gasteiger partial charge in [-0.15, -0.1) is 0 Å². The zero-order chi connectivity index (χ0) is 21.3. The van der Waals surface area contributed by atoms with Crippen LogP contribution in [-0.2, 0) is 9.59 Å². The predicted molar refractivity (Wildman–Crippen MR) is 115 cm³/mol. The standard InChI is InChI=1S/C24H24N2O4/c1-17-8-13-22(18(2)14-17)30-16-24(28)26-25-23(27)15-29-21-11-9-20(10-12-21)19-6-4-3-5-7-19/h3-14H,15-16H2,1-2H3,(H,25,27)(H,26,28). The molecule has 2 N–H and O–H groups in total. The number of amides is 2. The molecule has 6 heteroatoms. The first-order valence-electron chi connectivity index (χ1n) is 9.57. The Bertz CT molecular complexity index is 1000. The summed E-state index contributed by atoms with van der Waals surface area (Å²) in [4.78, 5) is 23.7. The number of hydrogen-bond donors (Lipinski definition) is 2. The van der Waals surface area contributed by atoms with E-state index in [1.165, 1.54) is 0 Å². The van der Waals surface area contributed by atoms with E-state index in [9.17, 15) is 9.59 Å². The molecule has 0 aromatic heterocycles. The van der Waals surface area contributed by atoms with Crippen molar-refractivity contribution in [2.24, 2.45) is 0 Å². The number of aryl methyl sites for hydroxylation is 2. The molecule has 3 rings (SSSR count). The topological polar surface area (TPSA) is 76.7 Å². The van der Waals surface area contributed by atoms with Crippen LogP contribution in [0.4, 0.5) is 0 Å². The Kier molecular flexibility index (Phi) is 7.05. The molecule has 0 saturated carbocycles. The third kappa shape index (κ3) is 6.10. The minimum absolute atomic E-state index is 0.202. The molecule has 0 atom stereocenters. The van der Waals surface area contributed by atoms with Gasteiger partial charge in [-0.25, -0.2) is 0 Å². The van der Waals surface area contributed by atoms with E-state index >= 15 is 0 Å². The molecule has 154 valence electrons. The highest BCUT2D eigenvalue weighted by Gasteiger charge is 2.08. The van der Waals surface area contributed by atoms with Crippen molar-refractivity contribution >= 4 is 11.8 Å². The van der Waals surface area contributed by atoms with E-state index in [2.05, 4.69) is 10.9 Å². The van der Waals surface area contributed by atoms with Gasteiger partial charge in [0.25, 0.3) is 11.8 Å². The van der Waals surface area contributed by atoms with Gasteiger partial charge in [0.1, 0.15) is 11.5 Å². The second-order valence-electron chi connectivity index (χ2n) is 6.83. The number of hydrogen-bond acceptors (Lipinski definition) is 4. The maximum Gasteiger partial charge on any atom is 0.276 e. The number of ether oxygens (including phenoxy) is 2. The van der Waals surface area contributed by atoms with Crippen LogP contribution in [0, 0.1) is 13.8 Å². The largest absolute Gasteiger partial charge is 0.484 e. The van der Waals surface area contributed by atoms with Crippen LogP contribution in [0.1, 0.15) is 11.1 Å². The van der Waals surface area contributed by atoms with E-state index in [1.54, 1.807) is 12.1 Å². The van der Waals surface area contributed by atoms with E-state index in [0.29, 0.717) is 11.5 Å². The molecule has 30 heavy (non-hydrogen) atoms. The van der Waals surface area contributed by atoms with Crippen molar-refractivity contribution in [3.05, 3.63) is 83.9 Å². The molecule has 0 aliphatic heterocycles. The second-order valence-corrected chi connectivity index (χ2v) is 6.83. The predicted octanol–water partition coefficient (Wildman–Crippen LogP) is 3.58. The maximum absolute atomic E-state index is 11.9. The Morgan fingerprint density at radius 2 is 1.33 bits per heavy atom. The molecule has 6 nitrogen and oxygen atoms in total. The summed E-state index contributed by atoms with van der Waals surface area (Å²) in [5.41, 5.74) is 8.84. The summed E-state index contributed by atoms with van der Waals surface area (Å²) in [5.74, 6) is 0.260. The average molecular weight is 404 g/mol. The fourth-order valence-electron chi connectivity index (χ4n) is 2.84. The molecule has 2 amide bonds. The molecule has 0 aliphatic rings. The van der Waals surface area contributed by atoms with Crippen LogP contribution in [0.15, 0.2) is 72.8 Å². The van der Waals surface area contributed by atoms with Crippen molar-refractivity contribution < 1.29 is 19.1 Å². The summed E-state index contributed by atoms with van der Waals surface area (Å²) in [6.07, 6.45) is 0. The van der Waals surface area contributed by atoms with E-state index in [-0.39, 0.29) is 13.2 Å². The van der Waals surface area contributed by atoms with Crippen molar-refractivity contribution in [1.82, 2.24) is 10.9 Å². The van der Waals surface area contributed by atoms with Crippen LogP contribution in [0.5, 0.6) is 11.5 Å². The van der Waals surface area contributed by atoms with E-state index in [0.717, 1.165) is 22.3 Å². The van der Waals surface area contributed by atoms with Crippen LogP contribution < -0.4 is 20.3 Å². The van der Waals surface area contributed by atoms with E-state index < -0.39 is 11.8 Å². The summed E-state index contributed by atoms with van der Waals surface area (Å²) in [6.45, 7) is 3.47. The first kappa shape index (κ1) is 20.9.